The van der Waals surface area contributed by atoms with Gasteiger partial charge in [-0.15, -0.1) is 0 Å². The zero-order chi connectivity index (χ0) is 18.0. The Morgan fingerprint density at radius 2 is 2.00 bits per heavy atom. The highest BCUT2D eigenvalue weighted by atomic mass is 32.2. The summed E-state index contributed by atoms with van der Waals surface area (Å²) in [6.07, 6.45) is -0.727. The van der Waals surface area contributed by atoms with Gasteiger partial charge >= 0.3 is 0 Å². The SMILES string of the molecule is Cc1ccc(S(=O)(=O)OCC(O)C2CCc3cc(F)ccc3O2)cc1. The summed E-state index contributed by atoms with van der Waals surface area (Å²) in [6.45, 7) is 1.45. The van der Waals surface area contributed by atoms with Crippen molar-refractivity contribution in [3.8, 4) is 5.75 Å². The fourth-order valence-electron chi connectivity index (χ4n) is 2.69. The fourth-order valence-corrected chi connectivity index (χ4v) is 3.61. The fraction of sp³-hybridized carbons (Fsp3) is 0.333. The maximum Gasteiger partial charge on any atom is 0.297 e. The van der Waals surface area contributed by atoms with Gasteiger partial charge in [-0.05, 0) is 55.7 Å². The van der Waals surface area contributed by atoms with Gasteiger partial charge in [0.1, 0.15) is 23.8 Å². The van der Waals surface area contributed by atoms with Gasteiger partial charge < -0.3 is 9.84 Å². The minimum Gasteiger partial charge on any atom is -0.487 e. The minimum atomic E-state index is -3.94. The molecule has 2 aromatic rings. The first kappa shape index (κ1) is 17.8. The number of halogens is 1. The van der Waals surface area contributed by atoms with Crippen molar-refractivity contribution in [1.29, 1.82) is 0 Å². The average Bonchev–Trinajstić information content (AvgIpc) is 2.59. The molecule has 0 saturated heterocycles. The van der Waals surface area contributed by atoms with Crippen molar-refractivity contribution < 1.29 is 26.8 Å². The van der Waals surface area contributed by atoms with E-state index < -0.39 is 28.9 Å². The summed E-state index contributed by atoms with van der Waals surface area (Å²) < 4.78 is 48.1. The zero-order valence-corrected chi connectivity index (χ0v) is 14.5. The van der Waals surface area contributed by atoms with E-state index in [4.69, 9.17) is 8.92 Å². The molecule has 3 rings (SSSR count). The van der Waals surface area contributed by atoms with Crippen LogP contribution in [0.5, 0.6) is 5.75 Å². The lowest BCUT2D eigenvalue weighted by atomic mass is 9.99. The van der Waals surface area contributed by atoms with Crippen LogP contribution in [-0.2, 0) is 20.7 Å². The van der Waals surface area contributed by atoms with Gasteiger partial charge in [-0.3, -0.25) is 4.18 Å². The van der Waals surface area contributed by atoms with Gasteiger partial charge in [-0.2, -0.15) is 8.42 Å². The Hall–Kier alpha value is -1.96. The van der Waals surface area contributed by atoms with Crippen LogP contribution in [0.4, 0.5) is 4.39 Å². The van der Waals surface area contributed by atoms with Gasteiger partial charge in [0.25, 0.3) is 10.1 Å². The van der Waals surface area contributed by atoms with Crippen molar-refractivity contribution in [2.24, 2.45) is 0 Å². The van der Waals surface area contributed by atoms with E-state index in [1.165, 1.54) is 30.3 Å². The van der Waals surface area contributed by atoms with Gasteiger partial charge in [0.15, 0.2) is 0 Å². The molecule has 7 heteroatoms. The van der Waals surface area contributed by atoms with Crippen LogP contribution in [0.3, 0.4) is 0 Å². The predicted molar refractivity (Wildman–Crippen MR) is 89.5 cm³/mol. The molecule has 1 heterocycles. The highest BCUT2D eigenvalue weighted by Gasteiger charge is 2.28. The molecule has 0 aliphatic carbocycles. The smallest absolute Gasteiger partial charge is 0.297 e. The van der Waals surface area contributed by atoms with E-state index in [2.05, 4.69) is 0 Å². The molecule has 1 aliphatic rings. The first-order valence-corrected chi connectivity index (χ1v) is 9.35. The standard InChI is InChI=1S/C18H19FO5S/c1-12-2-6-15(7-3-12)25(21,22)23-11-16(20)18-8-4-13-10-14(19)5-9-17(13)24-18/h2-3,5-7,9-10,16,18,20H,4,8,11H2,1H3. The number of hydrogen-bond donors (Lipinski definition) is 1. The first-order valence-electron chi connectivity index (χ1n) is 7.94. The van der Waals surface area contributed by atoms with Crippen LogP contribution in [0.1, 0.15) is 17.5 Å². The summed E-state index contributed by atoms with van der Waals surface area (Å²) in [5.74, 6) is 0.159. The van der Waals surface area contributed by atoms with Crippen molar-refractivity contribution in [3.05, 3.63) is 59.4 Å². The Labute approximate surface area is 146 Å². The topological polar surface area (TPSA) is 72.8 Å². The normalized spacial score (nSPS) is 18.3. The number of aliphatic hydroxyl groups excluding tert-OH is 1. The lowest BCUT2D eigenvalue weighted by molar-refractivity contribution is -0.00207. The van der Waals surface area contributed by atoms with Crippen LogP contribution in [0.25, 0.3) is 0 Å². The molecular weight excluding hydrogens is 347 g/mol. The Bertz CT molecular complexity index is 848. The summed E-state index contributed by atoms with van der Waals surface area (Å²) in [4.78, 5) is 0.0377. The molecule has 2 unspecified atom stereocenters. The number of aliphatic hydroxyl groups is 1. The molecule has 0 spiro atoms. The summed E-state index contributed by atoms with van der Waals surface area (Å²) in [5, 5.41) is 10.2. The van der Waals surface area contributed by atoms with Crippen molar-refractivity contribution >= 4 is 10.1 Å². The van der Waals surface area contributed by atoms with Gasteiger partial charge in [0.2, 0.25) is 0 Å². The third kappa shape index (κ3) is 4.18. The van der Waals surface area contributed by atoms with Gasteiger partial charge in [-0.1, -0.05) is 17.7 Å². The molecule has 5 nitrogen and oxygen atoms in total. The van der Waals surface area contributed by atoms with Crippen molar-refractivity contribution in [3.63, 3.8) is 0 Å². The van der Waals surface area contributed by atoms with E-state index in [0.717, 1.165) is 11.1 Å². The van der Waals surface area contributed by atoms with Crippen LogP contribution in [0.15, 0.2) is 47.4 Å². The quantitative estimate of drug-likeness (QED) is 0.824. The molecule has 0 fully saturated rings. The Kier molecular flexibility index (Phi) is 5.08. The van der Waals surface area contributed by atoms with E-state index in [9.17, 15) is 17.9 Å². The second-order valence-corrected chi connectivity index (χ2v) is 7.68. The van der Waals surface area contributed by atoms with E-state index >= 15 is 0 Å². The molecule has 0 aromatic heterocycles. The van der Waals surface area contributed by atoms with Crippen LogP contribution in [0, 0.1) is 12.7 Å². The van der Waals surface area contributed by atoms with Crippen LogP contribution in [0.2, 0.25) is 0 Å². The highest BCUT2D eigenvalue weighted by molar-refractivity contribution is 7.86. The third-order valence-electron chi connectivity index (χ3n) is 4.13. The lowest BCUT2D eigenvalue weighted by Crippen LogP contribution is -2.38. The van der Waals surface area contributed by atoms with Gasteiger partial charge in [0, 0.05) is 0 Å². The molecule has 2 aromatic carbocycles. The minimum absolute atomic E-state index is 0.0377. The molecular formula is C18H19FO5S. The second kappa shape index (κ2) is 7.11. The molecule has 134 valence electrons. The average molecular weight is 366 g/mol. The Morgan fingerprint density at radius 1 is 1.28 bits per heavy atom. The van der Waals surface area contributed by atoms with Crippen LogP contribution >= 0.6 is 0 Å². The van der Waals surface area contributed by atoms with Crippen molar-refractivity contribution in [2.45, 2.75) is 36.9 Å². The maximum absolute atomic E-state index is 13.2. The summed E-state index contributed by atoms with van der Waals surface area (Å²) >= 11 is 0. The van der Waals surface area contributed by atoms with E-state index in [1.807, 2.05) is 6.92 Å². The van der Waals surface area contributed by atoms with E-state index in [-0.39, 0.29) is 10.7 Å². The number of rotatable bonds is 5. The Morgan fingerprint density at radius 3 is 2.72 bits per heavy atom. The molecule has 1 aliphatic heterocycles. The zero-order valence-electron chi connectivity index (χ0n) is 13.7. The van der Waals surface area contributed by atoms with Crippen LogP contribution in [-0.4, -0.2) is 32.3 Å². The number of ether oxygens (including phenoxy) is 1. The van der Waals surface area contributed by atoms with Crippen molar-refractivity contribution in [1.82, 2.24) is 0 Å². The molecule has 25 heavy (non-hydrogen) atoms. The summed E-state index contributed by atoms with van der Waals surface area (Å²) in [6, 6.07) is 10.5. The summed E-state index contributed by atoms with van der Waals surface area (Å²) in [5.41, 5.74) is 1.67. The number of hydrogen-bond acceptors (Lipinski definition) is 5. The molecule has 0 bridgehead atoms. The van der Waals surface area contributed by atoms with Gasteiger partial charge in [0.05, 0.1) is 11.5 Å². The number of fused-ring (bicyclic) bond motifs is 1. The van der Waals surface area contributed by atoms with Crippen molar-refractivity contribution in [2.75, 3.05) is 6.61 Å². The largest absolute Gasteiger partial charge is 0.487 e. The maximum atomic E-state index is 13.2. The second-order valence-electron chi connectivity index (χ2n) is 6.07. The predicted octanol–water partition coefficient (Wildman–Crippen LogP) is 2.59. The van der Waals surface area contributed by atoms with E-state index in [1.54, 1.807) is 12.1 Å². The number of aryl methyl sites for hydroxylation is 2. The highest BCUT2D eigenvalue weighted by Crippen LogP contribution is 2.29. The molecule has 0 saturated carbocycles. The van der Waals surface area contributed by atoms with Gasteiger partial charge in [-0.25, -0.2) is 4.39 Å². The molecule has 0 radical (unpaired) electrons. The lowest BCUT2D eigenvalue weighted by Gasteiger charge is -2.29. The monoisotopic (exact) mass is 366 g/mol. The first-order chi connectivity index (χ1) is 11.8. The molecule has 0 amide bonds. The molecule has 1 N–H and O–H groups in total. The van der Waals surface area contributed by atoms with Crippen LogP contribution < -0.4 is 4.74 Å². The summed E-state index contributed by atoms with van der Waals surface area (Å²) in [7, 11) is -3.94. The number of benzene rings is 2. The molecule has 2 atom stereocenters. The Balaban J connectivity index is 1.62. The third-order valence-corrected chi connectivity index (χ3v) is 5.43. The van der Waals surface area contributed by atoms with E-state index in [0.29, 0.717) is 18.6 Å².